The number of hydrogen-bond acceptors (Lipinski definition) is 3. The molecule has 4 nitrogen and oxygen atoms in total. The van der Waals surface area contributed by atoms with Crippen molar-refractivity contribution in [3.05, 3.63) is 29.8 Å². The highest BCUT2D eigenvalue weighted by Crippen LogP contribution is 2.15. The van der Waals surface area contributed by atoms with E-state index in [0.29, 0.717) is 12.0 Å². The van der Waals surface area contributed by atoms with Crippen LogP contribution in [0.1, 0.15) is 37.0 Å². The maximum absolute atomic E-state index is 12.1. The van der Waals surface area contributed by atoms with Crippen LogP contribution in [0.15, 0.2) is 24.3 Å². The molecule has 1 aromatic carbocycles. The number of hydrogen-bond donors (Lipinski definition) is 3. The quantitative estimate of drug-likeness (QED) is 0.693. The van der Waals surface area contributed by atoms with E-state index in [-0.39, 0.29) is 18.6 Å². The minimum atomic E-state index is -0.184. The van der Waals surface area contributed by atoms with E-state index in [1.165, 1.54) is 0 Å². The molecule has 0 saturated heterocycles. The van der Waals surface area contributed by atoms with Crippen molar-refractivity contribution in [2.45, 2.75) is 32.7 Å². The van der Waals surface area contributed by atoms with E-state index in [2.05, 4.69) is 17.6 Å². The predicted molar refractivity (Wildman–Crippen MR) is 73.9 cm³/mol. The Balaban J connectivity index is 2.77. The highest BCUT2D eigenvalue weighted by atomic mass is 16.3. The maximum atomic E-state index is 12.1. The number of rotatable bonds is 7. The van der Waals surface area contributed by atoms with E-state index in [0.717, 1.165) is 18.7 Å². The van der Waals surface area contributed by atoms with Gasteiger partial charge in [0.15, 0.2) is 0 Å². The molecular weight excluding hydrogens is 228 g/mol. The Morgan fingerprint density at radius 2 is 2.06 bits per heavy atom. The Morgan fingerprint density at radius 1 is 1.33 bits per heavy atom. The molecule has 18 heavy (non-hydrogen) atoms. The third kappa shape index (κ3) is 4.04. The molecule has 0 aliphatic carbocycles. The van der Waals surface area contributed by atoms with Crippen molar-refractivity contribution in [1.29, 1.82) is 0 Å². The van der Waals surface area contributed by atoms with Crippen LogP contribution in [0.4, 0.5) is 5.69 Å². The zero-order valence-electron chi connectivity index (χ0n) is 11.1. The van der Waals surface area contributed by atoms with Gasteiger partial charge in [0.2, 0.25) is 0 Å². The summed E-state index contributed by atoms with van der Waals surface area (Å²) in [6.45, 7) is 4.81. The van der Waals surface area contributed by atoms with Crippen LogP contribution < -0.4 is 10.6 Å². The Bertz CT molecular complexity index is 376. The summed E-state index contributed by atoms with van der Waals surface area (Å²) < 4.78 is 0. The lowest BCUT2D eigenvalue weighted by molar-refractivity contribution is 0.0915. The van der Waals surface area contributed by atoms with Crippen molar-refractivity contribution in [3.8, 4) is 0 Å². The first-order valence-electron chi connectivity index (χ1n) is 6.47. The Hall–Kier alpha value is -1.55. The van der Waals surface area contributed by atoms with Crippen LogP contribution in [-0.4, -0.2) is 30.2 Å². The smallest absolute Gasteiger partial charge is 0.253 e. The van der Waals surface area contributed by atoms with Crippen molar-refractivity contribution in [1.82, 2.24) is 5.32 Å². The summed E-state index contributed by atoms with van der Waals surface area (Å²) in [6, 6.07) is 7.24. The summed E-state index contributed by atoms with van der Waals surface area (Å²) >= 11 is 0. The van der Waals surface area contributed by atoms with E-state index < -0.39 is 0 Å². The number of benzene rings is 1. The minimum Gasteiger partial charge on any atom is -0.394 e. The number of amides is 1. The SMILES string of the molecule is CCCNc1ccccc1C(=O)NC(CC)CO. The first-order chi connectivity index (χ1) is 8.72. The van der Waals surface area contributed by atoms with Gasteiger partial charge in [-0.3, -0.25) is 4.79 Å². The molecule has 0 radical (unpaired) electrons. The van der Waals surface area contributed by atoms with Crippen molar-refractivity contribution >= 4 is 11.6 Å². The second-order valence-corrected chi connectivity index (χ2v) is 4.23. The van der Waals surface area contributed by atoms with E-state index >= 15 is 0 Å². The van der Waals surface area contributed by atoms with Gasteiger partial charge in [-0.2, -0.15) is 0 Å². The molecule has 100 valence electrons. The number of carbonyl (C=O) groups excluding carboxylic acids is 1. The number of aliphatic hydroxyl groups is 1. The zero-order valence-corrected chi connectivity index (χ0v) is 11.1. The second-order valence-electron chi connectivity index (χ2n) is 4.23. The van der Waals surface area contributed by atoms with Crippen LogP contribution >= 0.6 is 0 Å². The van der Waals surface area contributed by atoms with Crippen LogP contribution in [0.25, 0.3) is 0 Å². The molecule has 0 bridgehead atoms. The topological polar surface area (TPSA) is 61.4 Å². The summed E-state index contributed by atoms with van der Waals surface area (Å²) in [5, 5.41) is 15.2. The van der Waals surface area contributed by atoms with E-state index in [1.54, 1.807) is 6.07 Å². The maximum Gasteiger partial charge on any atom is 0.253 e. The van der Waals surface area contributed by atoms with Gasteiger partial charge in [0.1, 0.15) is 0 Å². The van der Waals surface area contributed by atoms with Gasteiger partial charge in [0, 0.05) is 12.2 Å². The molecular formula is C14H22N2O2. The molecule has 0 aliphatic rings. The molecule has 0 aliphatic heterocycles. The summed E-state index contributed by atoms with van der Waals surface area (Å²) in [7, 11) is 0. The average molecular weight is 250 g/mol. The normalized spacial score (nSPS) is 11.9. The molecule has 0 fully saturated rings. The fourth-order valence-electron chi connectivity index (χ4n) is 1.63. The van der Waals surface area contributed by atoms with Gasteiger partial charge in [-0.1, -0.05) is 26.0 Å². The summed E-state index contributed by atoms with van der Waals surface area (Å²) in [5.41, 5.74) is 1.46. The minimum absolute atomic E-state index is 0.0349. The molecule has 0 saturated carbocycles. The number of carbonyl (C=O) groups is 1. The average Bonchev–Trinajstić information content (AvgIpc) is 2.42. The predicted octanol–water partition coefficient (Wildman–Crippen LogP) is 2.01. The van der Waals surface area contributed by atoms with Crippen molar-refractivity contribution in [2.75, 3.05) is 18.5 Å². The molecule has 1 amide bonds. The van der Waals surface area contributed by atoms with E-state index in [1.807, 2.05) is 25.1 Å². The number of aliphatic hydroxyl groups excluding tert-OH is 1. The van der Waals surface area contributed by atoms with Crippen molar-refractivity contribution in [2.24, 2.45) is 0 Å². The second kappa shape index (κ2) is 7.71. The first kappa shape index (κ1) is 14.5. The molecule has 1 atom stereocenters. The molecule has 0 aromatic heterocycles. The van der Waals surface area contributed by atoms with Crippen molar-refractivity contribution < 1.29 is 9.90 Å². The molecule has 3 N–H and O–H groups in total. The molecule has 1 aromatic rings. The van der Waals surface area contributed by atoms with Gasteiger partial charge in [-0.05, 0) is 25.0 Å². The number of para-hydroxylation sites is 1. The highest BCUT2D eigenvalue weighted by Gasteiger charge is 2.14. The highest BCUT2D eigenvalue weighted by molar-refractivity contribution is 5.99. The summed E-state index contributed by atoms with van der Waals surface area (Å²) in [5.74, 6) is -0.143. The Kier molecular flexibility index (Phi) is 6.22. The third-order valence-corrected chi connectivity index (χ3v) is 2.79. The van der Waals surface area contributed by atoms with Crippen LogP contribution in [0.2, 0.25) is 0 Å². The standard InChI is InChI=1S/C14H22N2O2/c1-3-9-15-13-8-6-5-7-12(13)14(18)16-11(4-2)10-17/h5-8,11,15,17H,3-4,9-10H2,1-2H3,(H,16,18). The molecule has 0 heterocycles. The van der Waals surface area contributed by atoms with Crippen LogP contribution in [0, 0.1) is 0 Å². The first-order valence-corrected chi connectivity index (χ1v) is 6.47. The monoisotopic (exact) mass is 250 g/mol. The molecule has 1 unspecified atom stereocenters. The van der Waals surface area contributed by atoms with Gasteiger partial charge in [0.05, 0.1) is 18.2 Å². The lowest BCUT2D eigenvalue weighted by Crippen LogP contribution is -2.37. The summed E-state index contributed by atoms with van der Waals surface area (Å²) in [4.78, 5) is 12.1. The molecule has 4 heteroatoms. The summed E-state index contributed by atoms with van der Waals surface area (Å²) in [6.07, 6.45) is 1.72. The van der Waals surface area contributed by atoms with Gasteiger partial charge >= 0.3 is 0 Å². The fraction of sp³-hybridized carbons (Fsp3) is 0.500. The van der Waals surface area contributed by atoms with Crippen LogP contribution in [0.3, 0.4) is 0 Å². The van der Waals surface area contributed by atoms with Gasteiger partial charge in [-0.15, -0.1) is 0 Å². The largest absolute Gasteiger partial charge is 0.394 e. The van der Waals surface area contributed by atoms with Crippen LogP contribution in [-0.2, 0) is 0 Å². The molecule has 0 spiro atoms. The fourth-order valence-corrected chi connectivity index (χ4v) is 1.63. The zero-order chi connectivity index (χ0) is 13.4. The Morgan fingerprint density at radius 3 is 2.67 bits per heavy atom. The van der Waals surface area contributed by atoms with E-state index in [9.17, 15) is 4.79 Å². The van der Waals surface area contributed by atoms with Crippen molar-refractivity contribution in [3.63, 3.8) is 0 Å². The van der Waals surface area contributed by atoms with Gasteiger partial charge in [0.25, 0.3) is 5.91 Å². The lowest BCUT2D eigenvalue weighted by Gasteiger charge is -2.16. The Labute approximate surface area is 108 Å². The lowest BCUT2D eigenvalue weighted by atomic mass is 10.1. The van der Waals surface area contributed by atoms with Gasteiger partial charge < -0.3 is 15.7 Å². The van der Waals surface area contributed by atoms with Crippen LogP contribution in [0.5, 0.6) is 0 Å². The number of anilines is 1. The third-order valence-electron chi connectivity index (χ3n) is 2.79. The molecule has 1 rings (SSSR count). The van der Waals surface area contributed by atoms with E-state index in [4.69, 9.17) is 5.11 Å². The van der Waals surface area contributed by atoms with Gasteiger partial charge in [-0.25, -0.2) is 0 Å². The number of nitrogens with one attached hydrogen (secondary N) is 2.